The molecular formula is C17H26O2. The van der Waals surface area contributed by atoms with E-state index in [9.17, 15) is 4.79 Å². The predicted octanol–water partition coefficient (Wildman–Crippen LogP) is 4.39. The van der Waals surface area contributed by atoms with Crippen LogP contribution < -0.4 is 0 Å². The highest BCUT2D eigenvalue weighted by molar-refractivity contribution is 5.69. The third-order valence-corrected chi connectivity index (χ3v) is 3.73. The van der Waals surface area contributed by atoms with E-state index in [1.54, 1.807) is 0 Å². The summed E-state index contributed by atoms with van der Waals surface area (Å²) in [6.45, 7) is 8.90. The van der Waals surface area contributed by atoms with E-state index in [2.05, 4.69) is 39.0 Å². The molecule has 0 fully saturated rings. The van der Waals surface area contributed by atoms with Crippen molar-refractivity contribution >= 4 is 5.97 Å². The molecule has 0 saturated carbocycles. The van der Waals surface area contributed by atoms with Crippen molar-refractivity contribution in [2.24, 2.45) is 0 Å². The largest absolute Gasteiger partial charge is 0.466 e. The molecule has 1 aromatic carbocycles. The lowest BCUT2D eigenvalue weighted by Crippen LogP contribution is -2.06. The van der Waals surface area contributed by atoms with Gasteiger partial charge in [-0.1, -0.05) is 32.0 Å². The Hall–Kier alpha value is -1.31. The molecule has 0 aromatic heterocycles. The molecule has 0 aliphatic carbocycles. The van der Waals surface area contributed by atoms with Gasteiger partial charge in [-0.05, 0) is 55.7 Å². The summed E-state index contributed by atoms with van der Waals surface area (Å²) < 4.78 is 4.96. The van der Waals surface area contributed by atoms with E-state index < -0.39 is 0 Å². The number of rotatable bonds is 7. The van der Waals surface area contributed by atoms with Gasteiger partial charge in [0.05, 0.1) is 6.61 Å². The Morgan fingerprint density at radius 2 is 1.89 bits per heavy atom. The van der Waals surface area contributed by atoms with E-state index in [1.807, 2.05) is 6.92 Å². The molecule has 0 amide bonds. The van der Waals surface area contributed by atoms with Crippen molar-refractivity contribution in [3.05, 3.63) is 34.9 Å². The predicted molar refractivity (Wildman–Crippen MR) is 79.5 cm³/mol. The van der Waals surface area contributed by atoms with Crippen LogP contribution in [0.3, 0.4) is 0 Å². The van der Waals surface area contributed by atoms with Crippen molar-refractivity contribution < 1.29 is 9.53 Å². The van der Waals surface area contributed by atoms with Gasteiger partial charge in [0.2, 0.25) is 0 Å². The number of benzene rings is 1. The van der Waals surface area contributed by atoms with E-state index in [0.717, 1.165) is 6.42 Å². The molecule has 106 valence electrons. The molecule has 0 saturated heterocycles. The average Bonchev–Trinajstić information content (AvgIpc) is 2.39. The minimum absolute atomic E-state index is 0.106. The molecule has 0 radical (unpaired) electrons. The number of hydrogen-bond acceptors (Lipinski definition) is 2. The van der Waals surface area contributed by atoms with Gasteiger partial charge < -0.3 is 4.74 Å². The highest BCUT2D eigenvalue weighted by atomic mass is 16.5. The highest BCUT2D eigenvalue weighted by Gasteiger charge is 2.09. The molecule has 0 heterocycles. The van der Waals surface area contributed by atoms with Crippen molar-refractivity contribution in [1.82, 2.24) is 0 Å². The first-order chi connectivity index (χ1) is 9.12. The van der Waals surface area contributed by atoms with E-state index in [0.29, 0.717) is 18.9 Å². The molecule has 0 aliphatic heterocycles. The molecule has 0 N–H and O–H groups in total. The number of esters is 1. The molecule has 0 atom stereocenters. The Kier molecular flexibility index (Phi) is 6.61. The second-order valence-electron chi connectivity index (χ2n) is 5.00. The van der Waals surface area contributed by atoms with Crippen LogP contribution in [0.25, 0.3) is 0 Å². The quantitative estimate of drug-likeness (QED) is 0.681. The second kappa shape index (κ2) is 7.98. The van der Waals surface area contributed by atoms with Crippen LogP contribution in [-0.2, 0) is 16.0 Å². The van der Waals surface area contributed by atoms with Gasteiger partial charge in [0.25, 0.3) is 0 Å². The molecule has 19 heavy (non-hydrogen) atoms. The maximum absolute atomic E-state index is 11.4. The number of hydrogen-bond donors (Lipinski definition) is 0. The Balaban J connectivity index is 2.69. The third-order valence-electron chi connectivity index (χ3n) is 3.73. The van der Waals surface area contributed by atoms with Crippen molar-refractivity contribution in [1.29, 1.82) is 0 Å². The van der Waals surface area contributed by atoms with Crippen LogP contribution in [0.5, 0.6) is 0 Å². The van der Waals surface area contributed by atoms with Crippen molar-refractivity contribution in [3.63, 3.8) is 0 Å². The summed E-state index contributed by atoms with van der Waals surface area (Å²) in [5.74, 6) is 0.545. The fourth-order valence-corrected chi connectivity index (χ4v) is 2.48. The van der Waals surface area contributed by atoms with Gasteiger partial charge in [-0.15, -0.1) is 0 Å². The molecule has 2 nitrogen and oxygen atoms in total. The lowest BCUT2D eigenvalue weighted by molar-refractivity contribution is -0.143. The fourth-order valence-electron chi connectivity index (χ4n) is 2.48. The molecule has 0 unspecified atom stereocenters. The standard InChI is InChI=1S/C17H26O2/c1-5-14(6-2)16-9-8-15(13(4)12-16)10-11-17(18)19-7-3/h8-9,12,14H,5-7,10-11H2,1-4H3. The average molecular weight is 262 g/mol. The molecular weight excluding hydrogens is 236 g/mol. The van der Waals surface area contributed by atoms with Crippen LogP contribution in [-0.4, -0.2) is 12.6 Å². The summed E-state index contributed by atoms with van der Waals surface area (Å²) in [5, 5.41) is 0. The van der Waals surface area contributed by atoms with E-state index in [-0.39, 0.29) is 5.97 Å². The first-order valence-electron chi connectivity index (χ1n) is 7.37. The van der Waals surface area contributed by atoms with Crippen molar-refractivity contribution in [2.45, 2.75) is 59.3 Å². The zero-order chi connectivity index (χ0) is 14.3. The maximum Gasteiger partial charge on any atom is 0.306 e. The summed E-state index contributed by atoms with van der Waals surface area (Å²) in [6, 6.07) is 6.66. The second-order valence-corrected chi connectivity index (χ2v) is 5.00. The Morgan fingerprint density at radius 3 is 2.42 bits per heavy atom. The topological polar surface area (TPSA) is 26.3 Å². The van der Waals surface area contributed by atoms with Crippen LogP contribution in [0.2, 0.25) is 0 Å². The van der Waals surface area contributed by atoms with E-state index in [1.165, 1.54) is 29.5 Å². The lowest BCUT2D eigenvalue weighted by Gasteiger charge is -2.15. The van der Waals surface area contributed by atoms with Gasteiger partial charge in [0.1, 0.15) is 0 Å². The molecule has 2 heteroatoms. The highest BCUT2D eigenvalue weighted by Crippen LogP contribution is 2.25. The van der Waals surface area contributed by atoms with Gasteiger partial charge in [0, 0.05) is 6.42 Å². The van der Waals surface area contributed by atoms with E-state index in [4.69, 9.17) is 4.74 Å². The fraction of sp³-hybridized carbons (Fsp3) is 0.588. The monoisotopic (exact) mass is 262 g/mol. The van der Waals surface area contributed by atoms with Crippen LogP contribution in [0.4, 0.5) is 0 Å². The Morgan fingerprint density at radius 1 is 1.21 bits per heavy atom. The summed E-state index contributed by atoms with van der Waals surface area (Å²) in [7, 11) is 0. The summed E-state index contributed by atoms with van der Waals surface area (Å²) in [6.07, 6.45) is 3.60. The van der Waals surface area contributed by atoms with Gasteiger partial charge in [0.15, 0.2) is 0 Å². The molecule has 0 bridgehead atoms. The molecule has 0 aliphatic rings. The molecule has 1 aromatic rings. The Bertz CT molecular complexity index is 406. The normalized spacial score (nSPS) is 10.8. The van der Waals surface area contributed by atoms with Crippen molar-refractivity contribution in [2.75, 3.05) is 6.61 Å². The summed E-state index contributed by atoms with van der Waals surface area (Å²) in [5.41, 5.74) is 3.96. The van der Waals surface area contributed by atoms with Gasteiger partial charge >= 0.3 is 5.97 Å². The van der Waals surface area contributed by atoms with Crippen LogP contribution in [0.15, 0.2) is 18.2 Å². The van der Waals surface area contributed by atoms with Crippen LogP contribution >= 0.6 is 0 Å². The zero-order valence-corrected chi connectivity index (χ0v) is 12.7. The number of aryl methyl sites for hydroxylation is 2. The van der Waals surface area contributed by atoms with Crippen LogP contribution in [0.1, 0.15) is 62.6 Å². The first-order valence-corrected chi connectivity index (χ1v) is 7.37. The molecule has 0 spiro atoms. The summed E-state index contributed by atoms with van der Waals surface area (Å²) >= 11 is 0. The minimum atomic E-state index is -0.106. The van der Waals surface area contributed by atoms with Crippen LogP contribution in [0, 0.1) is 6.92 Å². The molecule has 1 rings (SSSR count). The Labute approximate surface area is 117 Å². The van der Waals surface area contributed by atoms with Gasteiger partial charge in [-0.25, -0.2) is 0 Å². The third kappa shape index (κ3) is 4.70. The lowest BCUT2D eigenvalue weighted by atomic mass is 9.90. The smallest absolute Gasteiger partial charge is 0.306 e. The minimum Gasteiger partial charge on any atom is -0.466 e. The van der Waals surface area contributed by atoms with E-state index >= 15 is 0 Å². The maximum atomic E-state index is 11.4. The van der Waals surface area contributed by atoms with Crippen molar-refractivity contribution in [3.8, 4) is 0 Å². The number of carbonyl (C=O) groups excluding carboxylic acids is 1. The first kappa shape index (κ1) is 15.7. The number of ether oxygens (including phenoxy) is 1. The zero-order valence-electron chi connectivity index (χ0n) is 12.7. The van der Waals surface area contributed by atoms with Gasteiger partial charge in [-0.2, -0.15) is 0 Å². The SMILES string of the molecule is CCOC(=O)CCc1ccc(C(CC)CC)cc1C. The van der Waals surface area contributed by atoms with Gasteiger partial charge in [-0.3, -0.25) is 4.79 Å². The summed E-state index contributed by atoms with van der Waals surface area (Å²) in [4.78, 5) is 11.4. The number of carbonyl (C=O) groups is 1.